The first kappa shape index (κ1) is 14.3. The third-order valence-corrected chi connectivity index (χ3v) is 2.34. The van der Waals surface area contributed by atoms with Gasteiger partial charge in [0.25, 0.3) is 0 Å². The molecule has 0 unspecified atom stereocenters. The van der Waals surface area contributed by atoms with Gasteiger partial charge in [-0.2, -0.15) is 0 Å². The quantitative estimate of drug-likeness (QED) is 0.454. The van der Waals surface area contributed by atoms with Gasteiger partial charge < -0.3 is 14.2 Å². The number of hydrogen-bond donors (Lipinski definition) is 0. The highest BCUT2D eigenvalue weighted by Gasteiger charge is 2.28. The van der Waals surface area contributed by atoms with Crippen LogP contribution in [0.1, 0.15) is 13.8 Å². The Bertz CT molecular complexity index is 201. The fraction of sp³-hybridized carbons (Fsp3) is 0.727. The Morgan fingerprint density at radius 3 is 2.40 bits per heavy atom. The van der Waals surface area contributed by atoms with E-state index in [0.717, 1.165) is 0 Å². The molecule has 4 heteroatoms. The molecule has 3 atom stereocenters. The molecule has 0 saturated heterocycles. The molecule has 0 radical (unpaired) electrons. The van der Waals surface area contributed by atoms with Gasteiger partial charge in [0.1, 0.15) is 18.7 Å². The van der Waals surface area contributed by atoms with E-state index in [4.69, 9.17) is 14.2 Å². The number of carbonyl (C=O) groups is 1. The molecule has 0 saturated carbocycles. The molecule has 15 heavy (non-hydrogen) atoms. The Labute approximate surface area is 91.2 Å². The van der Waals surface area contributed by atoms with Gasteiger partial charge in [0.05, 0.1) is 6.10 Å². The molecule has 0 aliphatic rings. The second-order valence-corrected chi connectivity index (χ2v) is 3.37. The number of ketones is 1. The first-order valence-electron chi connectivity index (χ1n) is 4.84. The van der Waals surface area contributed by atoms with Crippen LogP contribution in [-0.2, 0) is 19.0 Å². The monoisotopic (exact) mass is 216 g/mol. The largest absolute Gasteiger partial charge is 0.375 e. The zero-order valence-electron chi connectivity index (χ0n) is 9.86. The standard InChI is InChI=1S/C11H20O4/c1-6-10(14-5)11(15-7-13-4)8(2)9(3)12/h6,8,10-11H,1,7H2,2-5H3/t8-,10+,11+/m1/s1. The Kier molecular flexibility index (Phi) is 7.21. The van der Waals surface area contributed by atoms with Gasteiger partial charge in [0.2, 0.25) is 0 Å². The molecule has 88 valence electrons. The molecule has 4 nitrogen and oxygen atoms in total. The molecule has 0 N–H and O–H groups in total. The van der Waals surface area contributed by atoms with Crippen molar-refractivity contribution in [3.8, 4) is 0 Å². The second-order valence-electron chi connectivity index (χ2n) is 3.37. The molecular formula is C11H20O4. The number of rotatable bonds is 8. The zero-order valence-corrected chi connectivity index (χ0v) is 9.86. The van der Waals surface area contributed by atoms with Crippen LogP contribution >= 0.6 is 0 Å². The van der Waals surface area contributed by atoms with E-state index in [1.54, 1.807) is 20.1 Å². The maximum Gasteiger partial charge on any atom is 0.146 e. The maximum absolute atomic E-state index is 11.3. The second kappa shape index (κ2) is 7.56. The van der Waals surface area contributed by atoms with Crippen molar-refractivity contribution in [2.24, 2.45) is 5.92 Å². The Morgan fingerprint density at radius 1 is 1.47 bits per heavy atom. The lowest BCUT2D eigenvalue weighted by atomic mass is 9.96. The molecule has 0 rings (SSSR count). The number of hydrogen-bond acceptors (Lipinski definition) is 4. The van der Waals surface area contributed by atoms with E-state index in [9.17, 15) is 4.79 Å². The van der Waals surface area contributed by atoms with Crippen LogP contribution in [0.2, 0.25) is 0 Å². The van der Waals surface area contributed by atoms with Crippen molar-refractivity contribution in [2.45, 2.75) is 26.1 Å². The summed E-state index contributed by atoms with van der Waals surface area (Å²) in [6.45, 7) is 7.12. The van der Waals surface area contributed by atoms with Crippen molar-refractivity contribution in [3.05, 3.63) is 12.7 Å². The molecule has 0 aliphatic carbocycles. The van der Waals surface area contributed by atoms with Crippen molar-refractivity contribution in [3.63, 3.8) is 0 Å². The van der Waals surface area contributed by atoms with E-state index in [-0.39, 0.29) is 30.7 Å². The van der Waals surface area contributed by atoms with Gasteiger partial charge in [-0.15, -0.1) is 6.58 Å². The van der Waals surface area contributed by atoms with Gasteiger partial charge in [0, 0.05) is 20.1 Å². The number of carbonyl (C=O) groups excluding carboxylic acids is 1. The molecule has 0 fully saturated rings. The summed E-state index contributed by atoms with van der Waals surface area (Å²) >= 11 is 0. The minimum absolute atomic E-state index is 0.0556. The zero-order chi connectivity index (χ0) is 11.8. The molecule has 0 amide bonds. The van der Waals surface area contributed by atoms with E-state index in [0.29, 0.717) is 0 Å². The van der Waals surface area contributed by atoms with Gasteiger partial charge in [-0.3, -0.25) is 4.79 Å². The van der Waals surface area contributed by atoms with Gasteiger partial charge in [-0.25, -0.2) is 0 Å². The van der Waals surface area contributed by atoms with E-state index in [1.165, 1.54) is 14.0 Å². The van der Waals surface area contributed by atoms with Gasteiger partial charge in [0.15, 0.2) is 0 Å². The van der Waals surface area contributed by atoms with Crippen LogP contribution in [0.3, 0.4) is 0 Å². The van der Waals surface area contributed by atoms with E-state index >= 15 is 0 Å². The topological polar surface area (TPSA) is 44.8 Å². The van der Waals surface area contributed by atoms with Crippen molar-refractivity contribution < 1.29 is 19.0 Å². The third kappa shape index (κ3) is 4.55. The van der Waals surface area contributed by atoms with Gasteiger partial charge in [-0.1, -0.05) is 13.0 Å². The van der Waals surface area contributed by atoms with Crippen LogP contribution in [0, 0.1) is 5.92 Å². The molecule has 0 aromatic rings. The van der Waals surface area contributed by atoms with Gasteiger partial charge >= 0.3 is 0 Å². The average molecular weight is 216 g/mol. The van der Waals surface area contributed by atoms with Gasteiger partial charge in [-0.05, 0) is 6.92 Å². The fourth-order valence-electron chi connectivity index (χ4n) is 1.27. The molecule has 0 aromatic carbocycles. The summed E-state index contributed by atoms with van der Waals surface area (Å²) in [5.74, 6) is -0.192. The van der Waals surface area contributed by atoms with Crippen LogP contribution in [-0.4, -0.2) is 39.0 Å². The summed E-state index contributed by atoms with van der Waals surface area (Å²) in [6.07, 6.45) is 0.962. The lowest BCUT2D eigenvalue weighted by molar-refractivity contribution is -0.144. The lowest BCUT2D eigenvalue weighted by Gasteiger charge is -2.27. The Balaban J connectivity index is 4.53. The third-order valence-electron chi connectivity index (χ3n) is 2.34. The minimum atomic E-state index is -0.357. The van der Waals surface area contributed by atoms with Crippen LogP contribution in [0.15, 0.2) is 12.7 Å². The van der Waals surface area contributed by atoms with Crippen molar-refractivity contribution in [2.75, 3.05) is 21.0 Å². The smallest absolute Gasteiger partial charge is 0.146 e. The predicted molar refractivity (Wildman–Crippen MR) is 57.6 cm³/mol. The summed E-state index contributed by atoms with van der Waals surface area (Å²) in [5, 5.41) is 0. The Morgan fingerprint density at radius 2 is 2.07 bits per heavy atom. The fourth-order valence-corrected chi connectivity index (χ4v) is 1.27. The minimum Gasteiger partial charge on any atom is -0.375 e. The Hall–Kier alpha value is -0.710. The number of methoxy groups -OCH3 is 2. The van der Waals surface area contributed by atoms with Crippen LogP contribution < -0.4 is 0 Å². The molecule has 0 aliphatic heterocycles. The summed E-state index contributed by atoms with van der Waals surface area (Å²) in [4.78, 5) is 11.3. The van der Waals surface area contributed by atoms with Crippen LogP contribution in [0.4, 0.5) is 0 Å². The lowest BCUT2D eigenvalue weighted by Crippen LogP contribution is -2.38. The number of ether oxygens (including phenoxy) is 3. The normalized spacial score (nSPS) is 16.8. The average Bonchev–Trinajstić information content (AvgIpc) is 2.23. The summed E-state index contributed by atoms with van der Waals surface area (Å²) in [5.41, 5.74) is 0. The highest BCUT2D eigenvalue weighted by Crippen LogP contribution is 2.16. The highest BCUT2D eigenvalue weighted by molar-refractivity contribution is 5.78. The molecule has 0 heterocycles. The SMILES string of the molecule is C=C[C@H](OC)[C@@H](OCOC)[C@H](C)C(C)=O. The van der Waals surface area contributed by atoms with Crippen LogP contribution in [0.25, 0.3) is 0 Å². The first-order valence-corrected chi connectivity index (χ1v) is 4.84. The molecule has 0 aromatic heterocycles. The highest BCUT2D eigenvalue weighted by atomic mass is 16.7. The van der Waals surface area contributed by atoms with E-state index in [2.05, 4.69) is 6.58 Å². The first-order chi connectivity index (χ1) is 7.08. The molecule has 0 spiro atoms. The van der Waals surface area contributed by atoms with Crippen LogP contribution in [0.5, 0.6) is 0 Å². The summed E-state index contributed by atoms with van der Waals surface area (Å²) in [7, 11) is 3.09. The predicted octanol–water partition coefficient (Wildman–Crippen LogP) is 1.40. The van der Waals surface area contributed by atoms with E-state index < -0.39 is 0 Å². The molecular weight excluding hydrogens is 196 g/mol. The molecule has 0 bridgehead atoms. The van der Waals surface area contributed by atoms with Crippen molar-refractivity contribution in [1.82, 2.24) is 0 Å². The van der Waals surface area contributed by atoms with E-state index in [1.807, 2.05) is 0 Å². The summed E-state index contributed by atoms with van der Waals surface area (Å²) in [6, 6.07) is 0. The summed E-state index contributed by atoms with van der Waals surface area (Å²) < 4.78 is 15.4. The maximum atomic E-state index is 11.3. The van der Waals surface area contributed by atoms with Crippen molar-refractivity contribution in [1.29, 1.82) is 0 Å². The number of Topliss-reactive ketones (excluding diaryl/α,β-unsaturated/α-hetero) is 1. The van der Waals surface area contributed by atoms with Crippen molar-refractivity contribution >= 4 is 5.78 Å².